The van der Waals surface area contributed by atoms with Gasteiger partial charge in [0.2, 0.25) is 0 Å². The van der Waals surface area contributed by atoms with E-state index in [0.717, 1.165) is 21.8 Å². The molecule has 0 aliphatic heterocycles. The summed E-state index contributed by atoms with van der Waals surface area (Å²) in [4.78, 5) is 28.9. The topological polar surface area (TPSA) is 72.7 Å². The Bertz CT molecular complexity index is 869. The summed E-state index contributed by atoms with van der Waals surface area (Å²) in [5.41, 5.74) is 3.36. The summed E-state index contributed by atoms with van der Waals surface area (Å²) in [6, 6.07) is 5.79. The van der Waals surface area contributed by atoms with Gasteiger partial charge in [0, 0.05) is 23.5 Å². The average Bonchev–Trinajstić information content (AvgIpc) is 3.10. The smallest absolute Gasteiger partial charge is 0.312 e. The quantitative estimate of drug-likeness (QED) is 0.723. The maximum atomic E-state index is 11.9. The van der Waals surface area contributed by atoms with Crippen LogP contribution in [0, 0.1) is 13.8 Å². The number of amides is 1. The van der Waals surface area contributed by atoms with E-state index in [-0.39, 0.29) is 18.9 Å². The molecule has 0 atom stereocenters. The Labute approximate surface area is 143 Å². The van der Waals surface area contributed by atoms with E-state index in [4.69, 9.17) is 4.74 Å². The van der Waals surface area contributed by atoms with E-state index in [2.05, 4.69) is 10.3 Å². The monoisotopic (exact) mass is 343 g/mol. The first-order chi connectivity index (χ1) is 11.5. The number of aromatic nitrogens is 2. The second kappa shape index (κ2) is 6.84. The first-order valence-corrected chi connectivity index (χ1v) is 8.33. The number of aryl methyl sites for hydroxylation is 2. The van der Waals surface area contributed by atoms with Gasteiger partial charge >= 0.3 is 5.97 Å². The van der Waals surface area contributed by atoms with Crippen LogP contribution in [0.2, 0.25) is 0 Å². The van der Waals surface area contributed by atoms with Crippen molar-refractivity contribution in [3.05, 3.63) is 52.8 Å². The molecule has 24 heavy (non-hydrogen) atoms. The molecule has 124 valence electrons. The van der Waals surface area contributed by atoms with E-state index in [9.17, 15) is 9.59 Å². The van der Waals surface area contributed by atoms with Crippen molar-refractivity contribution in [2.75, 3.05) is 11.9 Å². The lowest BCUT2D eigenvalue weighted by Crippen LogP contribution is -2.22. The summed E-state index contributed by atoms with van der Waals surface area (Å²) in [5, 5.41) is 4.67. The Kier molecular flexibility index (Phi) is 4.61. The number of esters is 1. The van der Waals surface area contributed by atoms with Crippen molar-refractivity contribution < 1.29 is 14.3 Å². The highest BCUT2D eigenvalue weighted by atomic mass is 32.1. The molecular formula is C17H17N3O3S. The number of imidazole rings is 1. The molecule has 1 N–H and O–H groups in total. The third-order valence-electron chi connectivity index (χ3n) is 3.50. The maximum Gasteiger partial charge on any atom is 0.312 e. The number of carbonyl (C=O) groups excluding carboxylic acids is 2. The number of nitrogens with zero attached hydrogens (tertiary/aromatic N) is 2. The molecule has 1 amide bonds. The molecule has 0 aliphatic carbocycles. The largest absolute Gasteiger partial charge is 0.455 e. The van der Waals surface area contributed by atoms with Crippen molar-refractivity contribution in [3.8, 4) is 0 Å². The predicted octanol–water partition coefficient (Wildman–Crippen LogP) is 2.74. The lowest BCUT2D eigenvalue weighted by atomic mass is 10.1. The summed E-state index contributed by atoms with van der Waals surface area (Å²) in [7, 11) is 0. The highest BCUT2D eigenvalue weighted by molar-refractivity contribution is 7.15. The summed E-state index contributed by atoms with van der Waals surface area (Å²) in [5.74, 6) is -0.834. The minimum absolute atomic E-state index is 0.0468. The van der Waals surface area contributed by atoms with Gasteiger partial charge in [0.15, 0.2) is 11.6 Å². The Morgan fingerprint density at radius 3 is 2.96 bits per heavy atom. The number of ether oxygens (including phenoxy) is 1. The fourth-order valence-electron chi connectivity index (χ4n) is 2.26. The summed E-state index contributed by atoms with van der Waals surface area (Å²) in [6.45, 7) is 3.55. The van der Waals surface area contributed by atoms with Gasteiger partial charge in [0.25, 0.3) is 5.91 Å². The molecule has 7 heteroatoms. The zero-order valence-electron chi connectivity index (χ0n) is 13.4. The molecule has 0 fully saturated rings. The summed E-state index contributed by atoms with van der Waals surface area (Å²) in [6.07, 6.45) is 3.70. The van der Waals surface area contributed by atoms with Crippen LogP contribution in [0.4, 0.5) is 5.69 Å². The number of hydrogen-bond donors (Lipinski definition) is 1. The number of nitrogens with one attached hydrogen (secondary N) is 1. The normalized spacial score (nSPS) is 10.8. The van der Waals surface area contributed by atoms with Gasteiger partial charge in [-0.1, -0.05) is 12.1 Å². The van der Waals surface area contributed by atoms with Crippen molar-refractivity contribution in [1.82, 2.24) is 9.38 Å². The number of hydrogen-bond acceptors (Lipinski definition) is 5. The summed E-state index contributed by atoms with van der Waals surface area (Å²) >= 11 is 1.49. The first-order valence-electron chi connectivity index (χ1n) is 7.45. The van der Waals surface area contributed by atoms with Gasteiger partial charge in [-0.15, -0.1) is 11.3 Å². The second-order valence-corrected chi connectivity index (χ2v) is 6.40. The zero-order valence-corrected chi connectivity index (χ0v) is 14.2. The van der Waals surface area contributed by atoms with Crippen molar-refractivity contribution in [1.29, 1.82) is 0 Å². The minimum Gasteiger partial charge on any atom is -0.455 e. The lowest BCUT2D eigenvalue weighted by molar-refractivity contribution is -0.146. The van der Waals surface area contributed by atoms with Crippen LogP contribution in [0.1, 0.15) is 16.8 Å². The fourth-order valence-corrected chi connectivity index (χ4v) is 2.98. The second-order valence-electron chi connectivity index (χ2n) is 5.53. The van der Waals surface area contributed by atoms with Gasteiger partial charge in [0.1, 0.15) is 0 Å². The number of rotatable bonds is 5. The van der Waals surface area contributed by atoms with E-state index >= 15 is 0 Å². The van der Waals surface area contributed by atoms with Gasteiger partial charge in [-0.3, -0.25) is 14.0 Å². The molecule has 1 aromatic carbocycles. The highest BCUT2D eigenvalue weighted by Gasteiger charge is 2.12. The molecule has 0 saturated carbocycles. The molecule has 0 unspecified atom stereocenters. The Morgan fingerprint density at radius 2 is 2.17 bits per heavy atom. The number of fused-ring (bicyclic) bond motifs is 1. The highest BCUT2D eigenvalue weighted by Crippen LogP contribution is 2.16. The van der Waals surface area contributed by atoms with Gasteiger partial charge in [-0.25, -0.2) is 4.98 Å². The molecule has 0 bridgehead atoms. The Balaban J connectivity index is 1.51. The Morgan fingerprint density at radius 1 is 1.33 bits per heavy atom. The van der Waals surface area contributed by atoms with Crippen LogP contribution >= 0.6 is 11.3 Å². The third-order valence-corrected chi connectivity index (χ3v) is 4.27. The lowest BCUT2D eigenvalue weighted by Gasteiger charge is -2.09. The number of thiazole rings is 1. The fraction of sp³-hybridized carbons (Fsp3) is 0.235. The van der Waals surface area contributed by atoms with Crippen molar-refractivity contribution >= 4 is 33.9 Å². The van der Waals surface area contributed by atoms with Crippen LogP contribution in [0.5, 0.6) is 0 Å². The van der Waals surface area contributed by atoms with Crippen molar-refractivity contribution in [2.24, 2.45) is 0 Å². The van der Waals surface area contributed by atoms with Gasteiger partial charge in [-0.2, -0.15) is 0 Å². The van der Waals surface area contributed by atoms with Crippen molar-refractivity contribution in [3.63, 3.8) is 0 Å². The van der Waals surface area contributed by atoms with Gasteiger partial charge in [-0.05, 0) is 31.0 Å². The van der Waals surface area contributed by atoms with E-state index in [1.807, 2.05) is 48.0 Å². The molecule has 0 spiro atoms. The molecule has 0 saturated heterocycles. The molecule has 0 radical (unpaired) electrons. The van der Waals surface area contributed by atoms with Crippen LogP contribution in [0.15, 0.2) is 36.0 Å². The van der Waals surface area contributed by atoms with E-state index in [1.54, 1.807) is 6.20 Å². The first kappa shape index (κ1) is 16.2. The van der Waals surface area contributed by atoms with Crippen molar-refractivity contribution in [2.45, 2.75) is 20.3 Å². The van der Waals surface area contributed by atoms with Gasteiger partial charge < -0.3 is 10.1 Å². The van der Waals surface area contributed by atoms with Crippen LogP contribution in [0.3, 0.4) is 0 Å². The van der Waals surface area contributed by atoms with Gasteiger partial charge in [0.05, 0.1) is 12.1 Å². The molecular weight excluding hydrogens is 326 g/mol. The minimum atomic E-state index is -0.475. The standard InChI is InChI=1S/C17H17N3O3S/c1-11-3-4-12(2)14(7-11)19-15(21)10-23-16(22)8-13-9-20-5-6-24-17(20)18-13/h3-7,9H,8,10H2,1-2H3,(H,19,21). The molecule has 2 heterocycles. The van der Waals surface area contributed by atoms with Crippen LogP contribution in [-0.4, -0.2) is 27.9 Å². The van der Waals surface area contributed by atoms with E-state index in [1.165, 1.54) is 11.3 Å². The number of benzene rings is 1. The van der Waals surface area contributed by atoms with E-state index in [0.29, 0.717) is 5.69 Å². The maximum absolute atomic E-state index is 11.9. The molecule has 3 aromatic rings. The number of carbonyl (C=O) groups is 2. The third kappa shape index (κ3) is 3.80. The summed E-state index contributed by atoms with van der Waals surface area (Å²) < 4.78 is 6.87. The SMILES string of the molecule is Cc1ccc(C)c(NC(=O)COC(=O)Cc2cn3ccsc3n2)c1. The molecule has 3 rings (SSSR count). The van der Waals surface area contributed by atoms with E-state index < -0.39 is 5.97 Å². The van der Waals surface area contributed by atoms with Crippen LogP contribution < -0.4 is 5.32 Å². The molecule has 0 aliphatic rings. The average molecular weight is 343 g/mol. The molecule has 2 aromatic heterocycles. The van der Waals surface area contributed by atoms with Crippen LogP contribution in [-0.2, 0) is 20.7 Å². The van der Waals surface area contributed by atoms with Crippen LogP contribution in [0.25, 0.3) is 4.96 Å². The Hall–Kier alpha value is -2.67. The predicted molar refractivity (Wildman–Crippen MR) is 92.3 cm³/mol. The number of anilines is 1. The zero-order chi connectivity index (χ0) is 17.1. The molecule has 6 nitrogen and oxygen atoms in total.